The number of halogens is 2. The first-order chi connectivity index (χ1) is 16.5. The van der Waals surface area contributed by atoms with E-state index in [9.17, 15) is 13.6 Å². The number of ether oxygens (including phenoxy) is 2. The molecule has 0 bridgehead atoms. The van der Waals surface area contributed by atoms with Gasteiger partial charge in [0.05, 0.1) is 32.2 Å². The number of amides is 1. The minimum atomic E-state index is -0.735. The molecule has 176 valence electrons. The van der Waals surface area contributed by atoms with Gasteiger partial charge >= 0.3 is 0 Å². The van der Waals surface area contributed by atoms with Gasteiger partial charge in [-0.05, 0) is 42.5 Å². The fourth-order valence-electron chi connectivity index (χ4n) is 3.57. The van der Waals surface area contributed by atoms with Crippen molar-refractivity contribution in [3.8, 4) is 17.0 Å². The third-order valence-corrected chi connectivity index (χ3v) is 5.16. The van der Waals surface area contributed by atoms with Crippen LogP contribution in [0.15, 0.2) is 55.3 Å². The molecule has 1 fully saturated rings. The molecule has 2 N–H and O–H groups in total. The molecule has 4 rings (SSSR count). The first-order valence-corrected chi connectivity index (χ1v) is 10.5. The number of methoxy groups -OCH3 is 1. The third-order valence-electron chi connectivity index (χ3n) is 5.16. The van der Waals surface area contributed by atoms with Crippen LogP contribution < -0.4 is 20.3 Å². The van der Waals surface area contributed by atoms with Crippen LogP contribution in [-0.4, -0.2) is 49.3 Å². The number of aromatic nitrogens is 2. The minimum absolute atomic E-state index is 0.118. The molecule has 1 aliphatic rings. The lowest BCUT2D eigenvalue weighted by atomic mass is 10.1. The van der Waals surface area contributed by atoms with Crippen molar-refractivity contribution in [3.05, 3.63) is 66.9 Å². The summed E-state index contributed by atoms with van der Waals surface area (Å²) < 4.78 is 39.6. The van der Waals surface area contributed by atoms with Crippen LogP contribution in [0.4, 0.5) is 31.8 Å². The van der Waals surface area contributed by atoms with Crippen LogP contribution in [-0.2, 0) is 9.53 Å². The summed E-state index contributed by atoms with van der Waals surface area (Å²) in [5.74, 6) is -1.08. The third kappa shape index (κ3) is 5.29. The lowest BCUT2D eigenvalue weighted by Crippen LogP contribution is -2.36. The number of hydrogen-bond donors (Lipinski definition) is 2. The maximum Gasteiger partial charge on any atom is 0.247 e. The van der Waals surface area contributed by atoms with Crippen LogP contribution in [0.3, 0.4) is 0 Å². The second kappa shape index (κ2) is 10.3. The first-order valence-electron chi connectivity index (χ1n) is 10.5. The van der Waals surface area contributed by atoms with Crippen molar-refractivity contribution in [3.63, 3.8) is 0 Å². The van der Waals surface area contributed by atoms with E-state index < -0.39 is 17.5 Å². The fraction of sp³-hybridized carbons (Fsp3) is 0.208. The van der Waals surface area contributed by atoms with Crippen molar-refractivity contribution in [2.45, 2.75) is 0 Å². The highest BCUT2D eigenvalue weighted by Crippen LogP contribution is 2.33. The highest BCUT2D eigenvalue weighted by Gasteiger charge is 2.17. The second-order valence-corrected chi connectivity index (χ2v) is 7.42. The summed E-state index contributed by atoms with van der Waals surface area (Å²) in [7, 11) is 1.60. The van der Waals surface area contributed by atoms with Crippen molar-refractivity contribution in [2.75, 3.05) is 48.9 Å². The Kier molecular flexibility index (Phi) is 6.98. The van der Waals surface area contributed by atoms with Gasteiger partial charge in [0, 0.05) is 30.0 Å². The molecule has 2 aromatic carbocycles. The molecule has 1 amide bonds. The number of nitrogens with one attached hydrogen (secondary N) is 2. The monoisotopic (exact) mass is 467 g/mol. The van der Waals surface area contributed by atoms with Gasteiger partial charge in [-0.25, -0.2) is 18.7 Å². The number of rotatable bonds is 7. The van der Waals surface area contributed by atoms with E-state index in [0.717, 1.165) is 43.2 Å². The molecule has 0 spiro atoms. The quantitative estimate of drug-likeness (QED) is 0.505. The molecular formula is C24H23F2N5O3. The van der Waals surface area contributed by atoms with Crippen molar-refractivity contribution >= 4 is 28.9 Å². The molecule has 1 aromatic heterocycles. The number of carbonyl (C=O) groups is 1. The van der Waals surface area contributed by atoms with E-state index in [1.807, 2.05) is 12.1 Å². The Labute approximate surface area is 195 Å². The Balaban J connectivity index is 1.63. The van der Waals surface area contributed by atoms with Crippen LogP contribution in [0.1, 0.15) is 0 Å². The zero-order valence-corrected chi connectivity index (χ0v) is 18.5. The summed E-state index contributed by atoms with van der Waals surface area (Å²) in [4.78, 5) is 22.0. The van der Waals surface area contributed by atoms with Gasteiger partial charge in [-0.3, -0.25) is 4.79 Å². The van der Waals surface area contributed by atoms with Crippen molar-refractivity contribution in [1.82, 2.24) is 9.97 Å². The van der Waals surface area contributed by atoms with Gasteiger partial charge in [0.15, 0.2) is 5.82 Å². The zero-order chi connectivity index (χ0) is 24.1. The molecule has 3 aromatic rings. The van der Waals surface area contributed by atoms with Gasteiger partial charge in [0.2, 0.25) is 11.9 Å². The number of morpholine rings is 1. The van der Waals surface area contributed by atoms with E-state index in [4.69, 9.17) is 9.47 Å². The Bertz CT molecular complexity index is 1220. The maximum atomic E-state index is 14.6. The number of benzene rings is 2. The average molecular weight is 467 g/mol. The van der Waals surface area contributed by atoms with Crippen molar-refractivity contribution in [1.29, 1.82) is 0 Å². The van der Waals surface area contributed by atoms with Gasteiger partial charge in [-0.1, -0.05) is 6.58 Å². The van der Waals surface area contributed by atoms with Crippen LogP contribution in [0, 0.1) is 11.6 Å². The SMILES string of the molecule is C=CC(=O)Nc1cc(F)cc(-c2nc(Nc3ccc(OC)c(N4CCOCC4)c3)ncc2F)c1. The normalized spacial score (nSPS) is 13.3. The molecule has 2 heterocycles. The van der Waals surface area contributed by atoms with Crippen LogP contribution in [0.2, 0.25) is 0 Å². The van der Waals surface area contributed by atoms with E-state index in [0.29, 0.717) is 24.7 Å². The summed E-state index contributed by atoms with van der Waals surface area (Å²) >= 11 is 0. The van der Waals surface area contributed by atoms with E-state index in [2.05, 4.69) is 32.1 Å². The van der Waals surface area contributed by atoms with Gasteiger partial charge < -0.3 is 25.0 Å². The molecule has 10 heteroatoms. The van der Waals surface area contributed by atoms with Crippen LogP contribution >= 0.6 is 0 Å². The Morgan fingerprint density at radius 2 is 1.97 bits per heavy atom. The number of anilines is 4. The molecule has 0 saturated carbocycles. The summed E-state index contributed by atoms with van der Waals surface area (Å²) in [6.45, 7) is 6.05. The molecule has 0 aliphatic carbocycles. The van der Waals surface area contributed by atoms with Crippen molar-refractivity contribution < 1.29 is 23.0 Å². The van der Waals surface area contributed by atoms with Gasteiger partial charge in [-0.2, -0.15) is 0 Å². The number of hydrogen-bond acceptors (Lipinski definition) is 7. The largest absolute Gasteiger partial charge is 0.495 e. The van der Waals surface area contributed by atoms with Crippen molar-refractivity contribution in [2.24, 2.45) is 0 Å². The summed E-state index contributed by atoms with van der Waals surface area (Å²) in [6, 6.07) is 9.17. The first kappa shape index (κ1) is 23.1. The van der Waals surface area contributed by atoms with Gasteiger partial charge in [0.1, 0.15) is 17.3 Å². The number of carbonyl (C=O) groups excluding carboxylic acids is 1. The predicted molar refractivity (Wildman–Crippen MR) is 126 cm³/mol. The van der Waals surface area contributed by atoms with E-state index >= 15 is 0 Å². The molecular weight excluding hydrogens is 444 g/mol. The topological polar surface area (TPSA) is 88.6 Å². The maximum absolute atomic E-state index is 14.6. The zero-order valence-electron chi connectivity index (χ0n) is 18.5. The summed E-state index contributed by atoms with van der Waals surface area (Å²) in [5.41, 5.74) is 1.72. The Morgan fingerprint density at radius 3 is 2.71 bits per heavy atom. The van der Waals surface area contributed by atoms with E-state index in [-0.39, 0.29) is 22.9 Å². The molecule has 34 heavy (non-hydrogen) atoms. The van der Waals surface area contributed by atoms with E-state index in [1.165, 1.54) is 6.07 Å². The number of nitrogens with zero attached hydrogens (tertiary/aromatic N) is 3. The highest BCUT2D eigenvalue weighted by molar-refractivity contribution is 5.99. The fourth-order valence-corrected chi connectivity index (χ4v) is 3.57. The molecule has 0 unspecified atom stereocenters. The van der Waals surface area contributed by atoms with Gasteiger partial charge in [-0.15, -0.1) is 0 Å². The Morgan fingerprint density at radius 1 is 1.18 bits per heavy atom. The minimum Gasteiger partial charge on any atom is -0.495 e. The van der Waals surface area contributed by atoms with Crippen LogP contribution in [0.25, 0.3) is 11.3 Å². The molecule has 8 nitrogen and oxygen atoms in total. The molecule has 0 atom stereocenters. The summed E-state index contributed by atoms with van der Waals surface area (Å²) in [6.07, 6.45) is 2.06. The molecule has 1 aliphatic heterocycles. The summed E-state index contributed by atoms with van der Waals surface area (Å²) in [5, 5.41) is 5.52. The van der Waals surface area contributed by atoms with Crippen LogP contribution in [0.5, 0.6) is 5.75 Å². The smallest absolute Gasteiger partial charge is 0.247 e. The average Bonchev–Trinajstić information content (AvgIpc) is 2.85. The molecule has 0 radical (unpaired) electrons. The Hall–Kier alpha value is -4.05. The lowest BCUT2D eigenvalue weighted by molar-refractivity contribution is -0.111. The second-order valence-electron chi connectivity index (χ2n) is 7.42. The molecule has 1 saturated heterocycles. The van der Waals surface area contributed by atoms with E-state index in [1.54, 1.807) is 13.2 Å². The predicted octanol–water partition coefficient (Wildman–Crippen LogP) is 4.14. The standard InChI is InChI=1S/C24H23F2N5O3/c1-3-22(32)28-18-11-15(10-16(25)12-18)23-19(26)14-27-24(30-23)29-17-4-5-21(33-2)20(13-17)31-6-8-34-9-7-31/h3-5,10-14H,1,6-9H2,2H3,(H,28,32)(H,27,29,30). The lowest BCUT2D eigenvalue weighted by Gasteiger charge is -2.30. The highest BCUT2D eigenvalue weighted by atomic mass is 19.1. The van der Waals surface area contributed by atoms with Gasteiger partial charge in [0.25, 0.3) is 0 Å².